The van der Waals surface area contributed by atoms with Crippen LogP contribution in [0.3, 0.4) is 0 Å². The maximum absolute atomic E-state index is 12.1. The van der Waals surface area contributed by atoms with E-state index in [0.717, 1.165) is 42.9 Å². The largest absolute Gasteiger partial charge is 0.490 e. The number of carbonyl (C=O) groups is 1. The number of nitriles is 1. The first-order valence-corrected chi connectivity index (χ1v) is 10.6. The molecule has 6 heteroatoms. The molecule has 0 aromatic heterocycles. The number of hydrogen-bond donors (Lipinski definition) is 0. The van der Waals surface area contributed by atoms with Crippen molar-refractivity contribution in [2.75, 3.05) is 24.5 Å². The summed E-state index contributed by atoms with van der Waals surface area (Å²) in [6.45, 7) is 5.93. The fourth-order valence-electron chi connectivity index (χ4n) is 4.11. The highest BCUT2D eigenvalue weighted by Gasteiger charge is 2.28. The van der Waals surface area contributed by atoms with Gasteiger partial charge in [-0.2, -0.15) is 5.26 Å². The Balaban J connectivity index is 1.42. The van der Waals surface area contributed by atoms with Gasteiger partial charge in [0, 0.05) is 49.4 Å². The molecule has 2 aromatic carbocycles. The lowest BCUT2D eigenvalue weighted by Gasteiger charge is -2.32. The van der Waals surface area contributed by atoms with Crippen molar-refractivity contribution in [3.05, 3.63) is 53.6 Å². The van der Waals surface area contributed by atoms with Gasteiger partial charge in [-0.1, -0.05) is 6.07 Å². The Morgan fingerprint density at radius 3 is 2.50 bits per heavy atom. The Hall–Kier alpha value is -3.20. The molecule has 0 radical (unpaired) electrons. The lowest BCUT2D eigenvalue weighted by molar-refractivity contribution is 0.0515. The summed E-state index contributed by atoms with van der Waals surface area (Å²) in [4.78, 5) is 16.1. The van der Waals surface area contributed by atoms with Crippen LogP contribution in [0.5, 0.6) is 5.75 Å². The van der Waals surface area contributed by atoms with Crippen LogP contribution in [0.2, 0.25) is 0 Å². The first-order chi connectivity index (χ1) is 14.5. The Morgan fingerprint density at radius 1 is 1.10 bits per heavy atom. The fraction of sp³-hybridized carbons (Fsp3) is 0.417. The van der Waals surface area contributed by atoms with Gasteiger partial charge in [0.15, 0.2) is 0 Å². The molecule has 6 nitrogen and oxygen atoms in total. The smallest absolute Gasteiger partial charge is 0.410 e. The van der Waals surface area contributed by atoms with Crippen molar-refractivity contribution in [3.63, 3.8) is 0 Å². The van der Waals surface area contributed by atoms with Gasteiger partial charge in [0.25, 0.3) is 0 Å². The maximum atomic E-state index is 12.1. The van der Waals surface area contributed by atoms with Gasteiger partial charge in [0.1, 0.15) is 11.9 Å². The average molecular weight is 405 g/mol. The number of fused-ring (bicyclic) bond motifs is 1. The van der Waals surface area contributed by atoms with E-state index in [2.05, 4.69) is 17.0 Å². The summed E-state index contributed by atoms with van der Waals surface area (Å²) in [6.07, 6.45) is 2.29. The van der Waals surface area contributed by atoms with Crippen LogP contribution >= 0.6 is 0 Å². The van der Waals surface area contributed by atoms with Gasteiger partial charge >= 0.3 is 6.09 Å². The van der Waals surface area contributed by atoms with Crippen molar-refractivity contribution < 1.29 is 14.3 Å². The molecule has 0 atom stereocenters. The third-order valence-electron chi connectivity index (χ3n) is 5.62. The minimum absolute atomic E-state index is 0.0996. The van der Waals surface area contributed by atoms with Gasteiger partial charge in [-0.05, 0) is 56.7 Å². The van der Waals surface area contributed by atoms with Crippen LogP contribution in [-0.2, 0) is 11.2 Å². The van der Waals surface area contributed by atoms with Crippen molar-refractivity contribution in [2.24, 2.45) is 0 Å². The molecule has 0 spiro atoms. The van der Waals surface area contributed by atoms with Gasteiger partial charge in [0.05, 0.1) is 17.7 Å². The lowest BCUT2D eigenvalue weighted by Crippen LogP contribution is -2.42. The molecule has 1 saturated heterocycles. The number of ether oxygens (including phenoxy) is 2. The molecule has 30 heavy (non-hydrogen) atoms. The van der Waals surface area contributed by atoms with Crippen LogP contribution in [0.1, 0.15) is 37.8 Å². The molecule has 2 heterocycles. The zero-order valence-electron chi connectivity index (χ0n) is 17.5. The van der Waals surface area contributed by atoms with Crippen molar-refractivity contribution in [2.45, 2.75) is 45.3 Å². The number of hydrogen-bond acceptors (Lipinski definition) is 5. The van der Waals surface area contributed by atoms with Gasteiger partial charge in [-0.3, -0.25) is 0 Å². The zero-order chi connectivity index (χ0) is 21.1. The molecular formula is C24H27N3O3. The number of benzene rings is 2. The van der Waals surface area contributed by atoms with Crippen LogP contribution in [0.25, 0.3) is 0 Å². The Labute approximate surface area is 177 Å². The normalized spacial score (nSPS) is 16.3. The summed E-state index contributed by atoms with van der Waals surface area (Å²) < 4.78 is 11.7. The predicted molar refractivity (Wildman–Crippen MR) is 115 cm³/mol. The minimum Gasteiger partial charge on any atom is -0.490 e. The monoisotopic (exact) mass is 405 g/mol. The molecule has 2 aliphatic rings. The van der Waals surface area contributed by atoms with E-state index in [-0.39, 0.29) is 18.3 Å². The summed E-state index contributed by atoms with van der Waals surface area (Å²) in [5, 5.41) is 9.02. The Kier molecular flexibility index (Phi) is 5.80. The highest BCUT2D eigenvalue weighted by Crippen LogP contribution is 2.40. The third kappa shape index (κ3) is 4.20. The minimum atomic E-state index is -0.234. The van der Waals surface area contributed by atoms with Gasteiger partial charge in [0.2, 0.25) is 0 Å². The van der Waals surface area contributed by atoms with Crippen molar-refractivity contribution in [1.82, 2.24) is 4.90 Å². The number of anilines is 2. The molecule has 0 saturated carbocycles. The first-order valence-electron chi connectivity index (χ1n) is 10.6. The second-order valence-corrected chi connectivity index (χ2v) is 8.05. The molecule has 1 fully saturated rings. The molecule has 0 unspecified atom stereocenters. The highest BCUT2D eigenvalue weighted by atomic mass is 16.6. The summed E-state index contributed by atoms with van der Waals surface area (Å²) in [7, 11) is 0. The summed E-state index contributed by atoms with van der Waals surface area (Å²) in [6, 6.07) is 16.1. The lowest BCUT2D eigenvalue weighted by atomic mass is 10.1. The molecule has 2 aromatic rings. The number of carbonyl (C=O) groups excluding carboxylic acids is 1. The number of likely N-dealkylation sites (tertiary alicyclic amines) is 1. The van der Waals surface area contributed by atoms with Crippen LogP contribution < -0.4 is 9.64 Å². The molecule has 0 N–H and O–H groups in total. The topological polar surface area (TPSA) is 65.8 Å². The molecule has 2 aliphatic heterocycles. The van der Waals surface area contributed by atoms with Crippen LogP contribution in [-0.4, -0.2) is 42.8 Å². The van der Waals surface area contributed by atoms with Gasteiger partial charge < -0.3 is 19.3 Å². The van der Waals surface area contributed by atoms with Crippen LogP contribution in [0.4, 0.5) is 16.2 Å². The molecule has 0 aliphatic carbocycles. The number of rotatable bonds is 4. The van der Waals surface area contributed by atoms with E-state index in [1.807, 2.05) is 50.2 Å². The van der Waals surface area contributed by atoms with E-state index in [9.17, 15) is 4.79 Å². The molecule has 1 amide bonds. The SMILES string of the molecule is CC(C)OC(=O)N1CCC(Oc2cccc3c2CCN3c2ccc(C#N)cc2)CC1. The van der Waals surface area contributed by atoms with Crippen molar-refractivity contribution in [1.29, 1.82) is 5.26 Å². The molecule has 4 rings (SSSR count). The van der Waals surface area contributed by atoms with E-state index in [1.165, 1.54) is 5.56 Å². The quantitative estimate of drug-likeness (QED) is 0.741. The van der Waals surface area contributed by atoms with Gasteiger partial charge in [-0.25, -0.2) is 4.79 Å². The van der Waals surface area contributed by atoms with E-state index in [4.69, 9.17) is 14.7 Å². The average Bonchev–Trinajstić information content (AvgIpc) is 3.19. The predicted octanol–water partition coefficient (Wildman–Crippen LogP) is 4.64. The van der Waals surface area contributed by atoms with Crippen LogP contribution in [0.15, 0.2) is 42.5 Å². The van der Waals surface area contributed by atoms with E-state index in [1.54, 1.807) is 4.90 Å². The maximum Gasteiger partial charge on any atom is 0.410 e. The van der Waals surface area contributed by atoms with Crippen molar-refractivity contribution >= 4 is 17.5 Å². The van der Waals surface area contributed by atoms with Gasteiger partial charge in [-0.15, -0.1) is 0 Å². The van der Waals surface area contributed by atoms with E-state index >= 15 is 0 Å². The molecule has 156 valence electrons. The molecule has 0 bridgehead atoms. The Morgan fingerprint density at radius 2 is 1.83 bits per heavy atom. The van der Waals surface area contributed by atoms with Crippen LogP contribution in [0, 0.1) is 11.3 Å². The highest BCUT2D eigenvalue weighted by molar-refractivity contribution is 5.72. The van der Waals surface area contributed by atoms with E-state index < -0.39 is 0 Å². The second-order valence-electron chi connectivity index (χ2n) is 8.05. The Bertz CT molecular complexity index is 941. The zero-order valence-corrected chi connectivity index (χ0v) is 17.5. The third-order valence-corrected chi connectivity index (χ3v) is 5.62. The standard InChI is InChI=1S/C24H27N3O3/c1-17(2)29-24(28)26-13-10-20(11-14-26)30-23-5-3-4-22-21(23)12-15-27(22)19-8-6-18(16-25)7-9-19/h3-9,17,20H,10-15H2,1-2H3. The number of amides is 1. The fourth-order valence-corrected chi connectivity index (χ4v) is 4.11. The first kappa shape index (κ1) is 20.1. The van der Waals surface area contributed by atoms with Crippen molar-refractivity contribution in [3.8, 4) is 11.8 Å². The number of nitrogens with zero attached hydrogens (tertiary/aromatic N) is 3. The second kappa shape index (κ2) is 8.66. The summed E-state index contributed by atoms with van der Waals surface area (Å²) in [5.41, 5.74) is 4.14. The summed E-state index contributed by atoms with van der Waals surface area (Å²) in [5.74, 6) is 0.937. The summed E-state index contributed by atoms with van der Waals surface area (Å²) >= 11 is 0. The van der Waals surface area contributed by atoms with E-state index in [0.29, 0.717) is 18.7 Å². The number of piperidine rings is 1. The molecular weight excluding hydrogens is 378 g/mol.